The first-order valence-electron chi connectivity index (χ1n) is 7.74. The molecule has 3 heteroatoms. The van der Waals surface area contributed by atoms with Gasteiger partial charge in [-0.25, -0.2) is 4.39 Å². The van der Waals surface area contributed by atoms with E-state index in [1.54, 1.807) is 6.92 Å². The van der Waals surface area contributed by atoms with E-state index in [1.807, 2.05) is 13.1 Å². The lowest BCUT2D eigenvalue weighted by Crippen LogP contribution is -2.19. The highest BCUT2D eigenvalue weighted by atomic mass is 35.5. The van der Waals surface area contributed by atoms with Crippen molar-refractivity contribution in [3.05, 3.63) is 34.1 Å². The molecule has 1 aromatic rings. The number of nitrogens with one attached hydrogen (secondary N) is 1. The molecule has 1 aliphatic rings. The Labute approximate surface area is 126 Å². The molecule has 0 heterocycles. The smallest absolute Gasteiger partial charge is 0.127 e. The summed E-state index contributed by atoms with van der Waals surface area (Å²) in [6.07, 6.45) is 9.20. The zero-order chi connectivity index (χ0) is 14.5. The van der Waals surface area contributed by atoms with Crippen molar-refractivity contribution in [2.24, 2.45) is 5.92 Å². The molecule has 0 radical (unpaired) electrons. The van der Waals surface area contributed by atoms with Crippen LogP contribution in [-0.2, 0) is 0 Å². The van der Waals surface area contributed by atoms with Crippen LogP contribution in [-0.4, -0.2) is 7.05 Å². The summed E-state index contributed by atoms with van der Waals surface area (Å²) in [5, 5.41) is 3.88. The topological polar surface area (TPSA) is 12.0 Å². The molecular formula is C17H25ClFN. The van der Waals surface area contributed by atoms with Crippen molar-refractivity contribution < 1.29 is 4.39 Å². The summed E-state index contributed by atoms with van der Waals surface area (Å²) in [6, 6.07) is 3.56. The van der Waals surface area contributed by atoms with Crippen LogP contribution < -0.4 is 5.32 Å². The second-order valence-electron chi connectivity index (χ2n) is 6.05. The molecule has 1 aliphatic carbocycles. The summed E-state index contributed by atoms with van der Waals surface area (Å²) < 4.78 is 13.5. The van der Waals surface area contributed by atoms with Gasteiger partial charge in [0.2, 0.25) is 0 Å². The Balaban J connectivity index is 2.02. The van der Waals surface area contributed by atoms with Gasteiger partial charge < -0.3 is 5.32 Å². The molecule has 2 rings (SSSR count). The van der Waals surface area contributed by atoms with Crippen LogP contribution in [0.25, 0.3) is 0 Å². The van der Waals surface area contributed by atoms with Crippen molar-refractivity contribution in [3.63, 3.8) is 0 Å². The maximum Gasteiger partial charge on any atom is 0.127 e. The molecule has 1 atom stereocenters. The van der Waals surface area contributed by atoms with Crippen molar-refractivity contribution in [3.8, 4) is 0 Å². The highest BCUT2D eigenvalue weighted by Gasteiger charge is 2.19. The third kappa shape index (κ3) is 3.95. The van der Waals surface area contributed by atoms with Gasteiger partial charge in [-0.1, -0.05) is 49.8 Å². The molecule has 0 aliphatic heterocycles. The number of rotatable bonds is 5. The molecule has 0 bridgehead atoms. The van der Waals surface area contributed by atoms with Crippen LogP contribution in [0.5, 0.6) is 0 Å². The van der Waals surface area contributed by atoms with Gasteiger partial charge in [-0.2, -0.15) is 0 Å². The summed E-state index contributed by atoms with van der Waals surface area (Å²) >= 11 is 6.22. The Kier molecular flexibility index (Phi) is 5.86. The quantitative estimate of drug-likeness (QED) is 0.766. The fourth-order valence-corrected chi connectivity index (χ4v) is 3.56. The summed E-state index contributed by atoms with van der Waals surface area (Å²) in [6.45, 7) is 1.79. The number of halogens is 2. The maximum atomic E-state index is 13.5. The fraction of sp³-hybridized carbons (Fsp3) is 0.647. The van der Waals surface area contributed by atoms with Gasteiger partial charge in [0, 0.05) is 11.1 Å². The summed E-state index contributed by atoms with van der Waals surface area (Å²) in [4.78, 5) is 0. The Morgan fingerprint density at radius 1 is 1.30 bits per heavy atom. The number of hydrogen-bond acceptors (Lipinski definition) is 1. The zero-order valence-electron chi connectivity index (χ0n) is 12.5. The monoisotopic (exact) mass is 297 g/mol. The highest BCUT2D eigenvalue weighted by Crippen LogP contribution is 2.33. The number of hydrogen-bond donors (Lipinski definition) is 1. The molecule has 0 saturated heterocycles. The largest absolute Gasteiger partial charge is 0.313 e. The minimum atomic E-state index is -0.221. The van der Waals surface area contributed by atoms with Crippen molar-refractivity contribution in [1.29, 1.82) is 0 Å². The van der Waals surface area contributed by atoms with Crippen molar-refractivity contribution in [1.82, 2.24) is 5.32 Å². The van der Waals surface area contributed by atoms with Gasteiger partial charge in [-0.3, -0.25) is 0 Å². The van der Waals surface area contributed by atoms with E-state index in [2.05, 4.69) is 5.32 Å². The van der Waals surface area contributed by atoms with Gasteiger partial charge in [0.25, 0.3) is 0 Å². The molecule has 1 saturated carbocycles. The second kappa shape index (κ2) is 7.42. The Morgan fingerprint density at radius 3 is 2.65 bits per heavy atom. The molecule has 1 nitrogen and oxygen atoms in total. The van der Waals surface area contributed by atoms with E-state index in [0.717, 1.165) is 17.9 Å². The van der Waals surface area contributed by atoms with Crippen LogP contribution in [0.15, 0.2) is 12.1 Å². The Bertz CT molecular complexity index is 441. The van der Waals surface area contributed by atoms with E-state index in [9.17, 15) is 4.39 Å². The SMILES string of the molecule is CNC(CCC1CCCCC1)c1cc(C)c(F)cc1Cl. The third-order valence-corrected chi connectivity index (χ3v) is 4.92. The third-order valence-electron chi connectivity index (χ3n) is 4.59. The summed E-state index contributed by atoms with van der Waals surface area (Å²) in [5.41, 5.74) is 1.70. The van der Waals surface area contributed by atoms with Gasteiger partial charge in [-0.15, -0.1) is 0 Å². The molecule has 1 N–H and O–H groups in total. The van der Waals surface area contributed by atoms with Crippen LogP contribution in [0.4, 0.5) is 4.39 Å². The van der Waals surface area contributed by atoms with Gasteiger partial charge in [0.1, 0.15) is 5.82 Å². The maximum absolute atomic E-state index is 13.5. The zero-order valence-corrected chi connectivity index (χ0v) is 13.3. The van der Waals surface area contributed by atoms with E-state index in [4.69, 9.17) is 11.6 Å². The minimum Gasteiger partial charge on any atom is -0.313 e. The molecule has 0 spiro atoms. The van der Waals surface area contributed by atoms with Crippen molar-refractivity contribution in [2.45, 2.75) is 57.9 Å². The lowest BCUT2D eigenvalue weighted by Gasteiger charge is -2.25. The predicted molar refractivity (Wildman–Crippen MR) is 83.8 cm³/mol. The summed E-state index contributed by atoms with van der Waals surface area (Å²) in [5.74, 6) is 0.640. The normalized spacial score (nSPS) is 18.2. The molecule has 1 aromatic carbocycles. The number of aryl methyl sites for hydroxylation is 1. The van der Waals surface area contributed by atoms with Crippen LogP contribution in [0, 0.1) is 18.7 Å². The lowest BCUT2D eigenvalue weighted by atomic mass is 9.84. The van der Waals surface area contributed by atoms with Crippen LogP contribution in [0.2, 0.25) is 5.02 Å². The first-order valence-corrected chi connectivity index (χ1v) is 8.12. The van der Waals surface area contributed by atoms with Gasteiger partial charge in [-0.05, 0) is 49.9 Å². The van der Waals surface area contributed by atoms with Gasteiger partial charge >= 0.3 is 0 Å². The molecular weight excluding hydrogens is 273 g/mol. The molecule has 112 valence electrons. The molecule has 1 unspecified atom stereocenters. The number of benzene rings is 1. The first kappa shape index (κ1) is 15.8. The second-order valence-corrected chi connectivity index (χ2v) is 6.45. The predicted octanol–water partition coefficient (Wildman–Crippen LogP) is 5.41. The van der Waals surface area contributed by atoms with E-state index in [1.165, 1.54) is 44.6 Å². The van der Waals surface area contributed by atoms with Gasteiger partial charge in [0.05, 0.1) is 0 Å². The van der Waals surface area contributed by atoms with Crippen molar-refractivity contribution in [2.75, 3.05) is 7.05 Å². The van der Waals surface area contributed by atoms with Gasteiger partial charge in [0.15, 0.2) is 0 Å². The molecule has 20 heavy (non-hydrogen) atoms. The van der Waals surface area contributed by atoms with Crippen LogP contribution in [0.1, 0.15) is 62.1 Å². The van der Waals surface area contributed by atoms with Crippen LogP contribution in [0.3, 0.4) is 0 Å². The summed E-state index contributed by atoms with van der Waals surface area (Å²) in [7, 11) is 1.96. The first-order chi connectivity index (χ1) is 9.61. The van der Waals surface area contributed by atoms with E-state index >= 15 is 0 Å². The van der Waals surface area contributed by atoms with Crippen molar-refractivity contribution >= 4 is 11.6 Å². The average Bonchev–Trinajstić information content (AvgIpc) is 2.46. The molecule has 0 aromatic heterocycles. The minimum absolute atomic E-state index is 0.221. The highest BCUT2D eigenvalue weighted by molar-refractivity contribution is 6.31. The fourth-order valence-electron chi connectivity index (χ4n) is 3.28. The van der Waals surface area contributed by atoms with E-state index < -0.39 is 0 Å². The lowest BCUT2D eigenvalue weighted by molar-refractivity contribution is 0.317. The van der Waals surface area contributed by atoms with Crippen LogP contribution >= 0.6 is 11.6 Å². The standard InChI is InChI=1S/C17H25ClFN/c1-12-10-14(15(18)11-16(12)19)17(20-2)9-8-13-6-4-3-5-7-13/h10-11,13,17,20H,3-9H2,1-2H3. The van der Waals surface area contributed by atoms with E-state index in [-0.39, 0.29) is 11.9 Å². The van der Waals surface area contributed by atoms with E-state index in [0.29, 0.717) is 10.6 Å². The Hall–Kier alpha value is -0.600. The average molecular weight is 298 g/mol. The Morgan fingerprint density at radius 2 is 2.00 bits per heavy atom. The molecule has 1 fully saturated rings. The molecule has 0 amide bonds.